The molecule has 9 nitrogen and oxygen atoms in total. The molecular weight excluding hydrogens is 360 g/mol. The zero-order valence-corrected chi connectivity index (χ0v) is 15.8. The molecule has 0 saturated heterocycles. The molecule has 26 heavy (non-hydrogen) atoms. The summed E-state index contributed by atoms with van der Waals surface area (Å²) in [7, 11) is 0. The summed E-state index contributed by atoms with van der Waals surface area (Å²) >= 11 is 1.31. The van der Waals surface area contributed by atoms with Crippen molar-refractivity contribution in [3.8, 4) is 0 Å². The predicted molar refractivity (Wildman–Crippen MR) is 96.6 cm³/mol. The Morgan fingerprint density at radius 2 is 2.08 bits per heavy atom. The van der Waals surface area contributed by atoms with E-state index < -0.39 is 10.9 Å². The van der Waals surface area contributed by atoms with E-state index in [1.54, 1.807) is 20.8 Å². The number of carbonyl (C=O) groups is 2. The van der Waals surface area contributed by atoms with Gasteiger partial charge >= 0.3 is 11.8 Å². The predicted octanol–water partition coefficient (Wildman–Crippen LogP) is 2.98. The molecule has 0 aromatic carbocycles. The second-order valence-electron chi connectivity index (χ2n) is 5.63. The van der Waals surface area contributed by atoms with Crippen molar-refractivity contribution in [3.05, 3.63) is 37.9 Å². The van der Waals surface area contributed by atoms with Gasteiger partial charge in [0, 0.05) is 11.3 Å². The monoisotopic (exact) mass is 380 g/mol. The summed E-state index contributed by atoms with van der Waals surface area (Å²) in [6, 6.07) is 1.35. The first-order chi connectivity index (χ1) is 12.2. The first-order valence-corrected chi connectivity index (χ1v) is 8.82. The third kappa shape index (κ3) is 4.26. The van der Waals surface area contributed by atoms with Crippen LogP contribution in [0.1, 0.15) is 39.8 Å². The molecular formula is C16H20N4O5S. The standard InChI is InChI=1S/C16H20N4O5S/c1-5-25-16(22)14-10(3)11(4)26-15(14)17-13(21)6-7-19-9(2)8-12(18-19)20(23)24/h8H,5-7H2,1-4H3,(H,17,21). The summed E-state index contributed by atoms with van der Waals surface area (Å²) in [5, 5.41) is 17.8. The molecule has 2 aromatic heterocycles. The second-order valence-corrected chi connectivity index (χ2v) is 6.85. The van der Waals surface area contributed by atoms with Crippen LogP contribution in [0.25, 0.3) is 0 Å². The molecule has 2 heterocycles. The maximum absolute atomic E-state index is 12.3. The topological polar surface area (TPSA) is 116 Å². The molecule has 2 aromatic rings. The Labute approximate surface area is 154 Å². The Morgan fingerprint density at radius 3 is 2.65 bits per heavy atom. The highest BCUT2D eigenvalue weighted by molar-refractivity contribution is 7.16. The zero-order chi connectivity index (χ0) is 19.4. The highest BCUT2D eigenvalue weighted by atomic mass is 32.1. The van der Waals surface area contributed by atoms with E-state index in [9.17, 15) is 19.7 Å². The Bertz CT molecular complexity index is 855. The number of aryl methyl sites for hydroxylation is 3. The van der Waals surface area contributed by atoms with Crippen LogP contribution in [0.4, 0.5) is 10.8 Å². The van der Waals surface area contributed by atoms with E-state index in [4.69, 9.17) is 4.74 Å². The minimum Gasteiger partial charge on any atom is -0.462 e. The molecule has 140 valence electrons. The maximum atomic E-state index is 12.3. The first kappa shape index (κ1) is 19.6. The Balaban J connectivity index is 2.08. The molecule has 0 saturated carbocycles. The number of anilines is 1. The summed E-state index contributed by atoms with van der Waals surface area (Å²) in [5.74, 6) is -1.03. The van der Waals surface area contributed by atoms with Crippen LogP contribution in [0.3, 0.4) is 0 Å². The number of nitro groups is 1. The lowest BCUT2D eigenvalue weighted by molar-refractivity contribution is -0.389. The van der Waals surface area contributed by atoms with Crippen LogP contribution in [-0.4, -0.2) is 33.2 Å². The van der Waals surface area contributed by atoms with Gasteiger partial charge in [0.25, 0.3) is 0 Å². The Hall–Kier alpha value is -2.75. The van der Waals surface area contributed by atoms with Gasteiger partial charge in [-0.05, 0) is 38.2 Å². The van der Waals surface area contributed by atoms with Gasteiger partial charge in [-0.15, -0.1) is 11.3 Å². The van der Waals surface area contributed by atoms with Gasteiger partial charge < -0.3 is 20.2 Å². The normalized spacial score (nSPS) is 10.6. The van der Waals surface area contributed by atoms with Gasteiger partial charge in [0.2, 0.25) is 5.91 Å². The number of nitrogens with one attached hydrogen (secondary N) is 1. The van der Waals surface area contributed by atoms with Crippen molar-refractivity contribution in [2.75, 3.05) is 11.9 Å². The van der Waals surface area contributed by atoms with Crippen molar-refractivity contribution in [1.29, 1.82) is 0 Å². The zero-order valence-electron chi connectivity index (χ0n) is 15.0. The van der Waals surface area contributed by atoms with Gasteiger partial charge in [-0.1, -0.05) is 0 Å². The SMILES string of the molecule is CCOC(=O)c1c(NC(=O)CCn2nc([N+](=O)[O-])cc2C)sc(C)c1C. The average molecular weight is 380 g/mol. The van der Waals surface area contributed by atoms with E-state index >= 15 is 0 Å². The minimum atomic E-state index is -0.577. The number of carbonyl (C=O) groups excluding carboxylic acids is 2. The van der Waals surface area contributed by atoms with E-state index in [1.807, 2.05) is 6.92 Å². The molecule has 0 spiro atoms. The fourth-order valence-electron chi connectivity index (χ4n) is 2.37. The molecule has 0 radical (unpaired) electrons. The quantitative estimate of drug-likeness (QED) is 0.448. The number of amides is 1. The lowest BCUT2D eigenvalue weighted by atomic mass is 10.1. The van der Waals surface area contributed by atoms with Crippen LogP contribution in [0.5, 0.6) is 0 Å². The Morgan fingerprint density at radius 1 is 1.38 bits per heavy atom. The lowest BCUT2D eigenvalue weighted by Gasteiger charge is -2.07. The minimum absolute atomic E-state index is 0.0674. The van der Waals surface area contributed by atoms with Crippen molar-refractivity contribution >= 4 is 34.0 Å². The van der Waals surface area contributed by atoms with Crippen molar-refractivity contribution < 1.29 is 19.2 Å². The molecule has 0 aliphatic rings. The number of esters is 1. The van der Waals surface area contributed by atoms with Crippen molar-refractivity contribution in [2.24, 2.45) is 0 Å². The van der Waals surface area contributed by atoms with Gasteiger partial charge in [-0.2, -0.15) is 4.68 Å². The van der Waals surface area contributed by atoms with E-state index in [1.165, 1.54) is 22.1 Å². The average Bonchev–Trinajstić information content (AvgIpc) is 3.06. The number of hydrogen-bond donors (Lipinski definition) is 1. The van der Waals surface area contributed by atoms with Gasteiger partial charge in [-0.25, -0.2) is 4.79 Å². The van der Waals surface area contributed by atoms with Gasteiger partial charge in [0.1, 0.15) is 5.00 Å². The number of thiophene rings is 1. The van der Waals surface area contributed by atoms with E-state index in [2.05, 4.69) is 10.4 Å². The van der Waals surface area contributed by atoms with Crippen LogP contribution in [-0.2, 0) is 16.1 Å². The molecule has 10 heteroatoms. The van der Waals surface area contributed by atoms with E-state index in [0.717, 1.165) is 10.4 Å². The van der Waals surface area contributed by atoms with Crippen molar-refractivity contribution in [2.45, 2.75) is 40.7 Å². The van der Waals surface area contributed by atoms with Crippen LogP contribution in [0.2, 0.25) is 0 Å². The highest BCUT2D eigenvalue weighted by Crippen LogP contribution is 2.33. The molecule has 0 aliphatic heterocycles. The molecule has 0 aliphatic carbocycles. The molecule has 2 rings (SSSR count). The van der Waals surface area contributed by atoms with E-state index in [0.29, 0.717) is 16.3 Å². The van der Waals surface area contributed by atoms with Gasteiger partial charge in [0.05, 0.1) is 35.6 Å². The largest absolute Gasteiger partial charge is 0.462 e. The van der Waals surface area contributed by atoms with Crippen LogP contribution in [0.15, 0.2) is 6.07 Å². The smallest absolute Gasteiger partial charge is 0.390 e. The molecule has 1 amide bonds. The number of rotatable bonds is 7. The third-order valence-electron chi connectivity index (χ3n) is 3.82. The molecule has 1 N–H and O–H groups in total. The number of hydrogen-bond acceptors (Lipinski definition) is 7. The fraction of sp³-hybridized carbons (Fsp3) is 0.438. The van der Waals surface area contributed by atoms with Crippen LogP contribution >= 0.6 is 11.3 Å². The van der Waals surface area contributed by atoms with Crippen molar-refractivity contribution in [3.63, 3.8) is 0 Å². The molecule has 0 atom stereocenters. The summed E-state index contributed by atoms with van der Waals surface area (Å²) in [6.45, 7) is 7.52. The second kappa shape index (κ2) is 8.09. The van der Waals surface area contributed by atoms with Gasteiger partial charge in [0.15, 0.2) is 0 Å². The van der Waals surface area contributed by atoms with Crippen molar-refractivity contribution in [1.82, 2.24) is 9.78 Å². The lowest BCUT2D eigenvalue weighted by Crippen LogP contribution is -2.17. The van der Waals surface area contributed by atoms with Crippen LogP contribution < -0.4 is 5.32 Å². The fourth-order valence-corrected chi connectivity index (χ4v) is 3.43. The maximum Gasteiger partial charge on any atom is 0.390 e. The molecule has 0 fully saturated rings. The van der Waals surface area contributed by atoms with Crippen LogP contribution in [0, 0.1) is 30.9 Å². The number of nitrogens with zero attached hydrogens (tertiary/aromatic N) is 3. The third-order valence-corrected chi connectivity index (χ3v) is 4.95. The summed E-state index contributed by atoms with van der Waals surface area (Å²) in [6.07, 6.45) is 0.0674. The van der Waals surface area contributed by atoms with E-state index in [-0.39, 0.29) is 31.3 Å². The van der Waals surface area contributed by atoms with Gasteiger partial charge in [-0.3, -0.25) is 4.79 Å². The summed E-state index contributed by atoms with van der Waals surface area (Å²) in [5.41, 5.74) is 1.75. The number of ether oxygens (including phenoxy) is 1. The summed E-state index contributed by atoms with van der Waals surface area (Å²) in [4.78, 5) is 35.5. The number of aromatic nitrogens is 2. The molecule has 0 bridgehead atoms. The summed E-state index contributed by atoms with van der Waals surface area (Å²) < 4.78 is 6.46. The molecule has 0 unspecified atom stereocenters. The highest BCUT2D eigenvalue weighted by Gasteiger charge is 2.22. The Kier molecular flexibility index (Phi) is 6.09. The first-order valence-electron chi connectivity index (χ1n) is 8.00.